The zero-order valence-corrected chi connectivity index (χ0v) is 15.0. The van der Waals surface area contributed by atoms with Crippen LogP contribution in [0.4, 0.5) is 0 Å². The highest BCUT2D eigenvalue weighted by Gasteiger charge is 2.26. The highest BCUT2D eigenvalue weighted by atomic mass is 79.9. The Labute approximate surface area is 137 Å². The summed E-state index contributed by atoms with van der Waals surface area (Å²) in [5.74, 6) is 0.674. The third-order valence-corrected chi connectivity index (χ3v) is 4.80. The van der Waals surface area contributed by atoms with Gasteiger partial charge in [-0.3, -0.25) is 0 Å². The number of ether oxygens (including phenoxy) is 1. The molecule has 0 radical (unpaired) electrons. The molecule has 3 unspecified atom stereocenters. The van der Waals surface area contributed by atoms with E-state index in [0.29, 0.717) is 18.1 Å². The van der Waals surface area contributed by atoms with Gasteiger partial charge in [-0.1, -0.05) is 61.7 Å². The van der Waals surface area contributed by atoms with Gasteiger partial charge in [0.2, 0.25) is 0 Å². The zero-order valence-electron chi connectivity index (χ0n) is 13.4. The predicted octanol–water partition coefficient (Wildman–Crippen LogP) is 5.08. The molecule has 0 spiro atoms. The van der Waals surface area contributed by atoms with Crippen molar-refractivity contribution in [1.82, 2.24) is 5.32 Å². The highest BCUT2D eigenvalue weighted by Crippen LogP contribution is 2.31. The van der Waals surface area contributed by atoms with Crippen molar-refractivity contribution in [3.63, 3.8) is 0 Å². The Morgan fingerprint density at radius 1 is 1.29 bits per heavy atom. The Balaban J connectivity index is 2.07. The summed E-state index contributed by atoms with van der Waals surface area (Å²) in [6.07, 6.45) is 5.69. The van der Waals surface area contributed by atoms with Gasteiger partial charge in [-0.05, 0) is 36.5 Å². The van der Waals surface area contributed by atoms with Crippen LogP contribution in [-0.2, 0) is 4.74 Å². The van der Waals surface area contributed by atoms with Crippen LogP contribution in [0, 0.1) is 5.92 Å². The molecule has 1 aliphatic carbocycles. The highest BCUT2D eigenvalue weighted by molar-refractivity contribution is 9.10. The topological polar surface area (TPSA) is 21.3 Å². The molecule has 3 heteroatoms. The van der Waals surface area contributed by atoms with Crippen LogP contribution in [0.15, 0.2) is 28.7 Å². The molecular formula is C18H28BrNO. The van der Waals surface area contributed by atoms with E-state index in [9.17, 15) is 0 Å². The van der Waals surface area contributed by atoms with Gasteiger partial charge in [-0.25, -0.2) is 0 Å². The van der Waals surface area contributed by atoms with Crippen molar-refractivity contribution in [3.05, 3.63) is 34.3 Å². The first-order valence-electron chi connectivity index (χ1n) is 8.20. The summed E-state index contributed by atoms with van der Waals surface area (Å²) in [5.41, 5.74) is 1.26. The molecule has 1 fully saturated rings. The first kappa shape index (κ1) is 17.0. The van der Waals surface area contributed by atoms with Crippen LogP contribution in [0.2, 0.25) is 0 Å². The number of nitrogens with one attached hydrogen (secondary N) is 1. The monoisotopic (exact) mass is 353 g/mol. The lowest BCUT2D eigenvalue weighted by atomic mass is 9.87. The zero-order chi connectivity index (χ0) is 15.2. The van der Waals surface area contributed by atoms with Gasteiger partial charge < -0.3 is 10.1 Å². The predicted molar refractivity (Wildman–Crippen MR) is 92.5 cm³/mol. The van der Waals surface area contributed by atoms with Crippen LogP contribution in [0.1, 0.15) is 58.1 Å². The van der Waals surface area contributed by atoms with Crippen molar-refractivity contribution in [2.24, 2.45) is 5.92 Å². The summed E-state index contributed by atoms with van der Waals surface area (Å²) in [4.78, 5) is 0. The van der Waals surface area contributed by atoms with Crippen LogP contribution in [0.3, 0.4) is 0 Å². The lowest BCUT2D eigenvalue weighted by Gasteiger charge is -2.33. The first-order chi connectivity index (χ1) is 10.1. The Morgan fingerprint density at radius 3 is 2.71 bits per heavy atom. The largest absolute Gasteiger partial charge is 0.369 e. The number of rotatable bonds is 6. The Morgan fingerprint density at radius 2 is 2.05 bits per heavy atom. The minimum Gasteiger partial charge on any atom is -0.369 e. The lowest BCUT2D eigenvalue weighted by Crippen LogP contribution is -2.34. The van der Waals surface area contributed by atoms with E-state index in [0.717, 1.165) is 11.0 Å². The van der Waals surface area contributed by atoms with E-state index in [1.807, 2.05) is 0 Å². The fraction of sp³-hybridized carbons (Fsp3) is 0.667. The molecule has 0 bridgehead atoms. The van der Waals surface area contributed by atoms with Crippen molar-refractivity contribution in [1.29, 1.82) is 0 Å². The molecule has 1 aliphatic rings. The molecule has 1 saturated carbocycles. The average Bonchev–Trinajstić information content (AvgIpc) is 2.45. The summed E-state index contributed by atoms with van der Waals surface area (Å²) in [7, 11) is 0. The second kappa shape index (κ2) is 8.30. The molecule has 0 saturated heterocycles. The molecule has 0 heterocycles. The Kier molecular flexibility index (Phi) is 6.72. The van der Waals surface area contributed by atoms with Gasteiger partial charge in [-0.15, -0.1) is 0 Å². The maximum Gasteiger partial charge on any atom is 0.0953 e. The maximum absolute atomic E-state index is 6.51. The molecule has 2 rings (SSSR count). The molecule has 1 N–H and O–H groups in total. The summed E-state index contributed by atoms with van der Waals surface area (Å²) in [6.45, 7) is 7.57. The molecule has 118 valence electrons. The van der Waals surface area contributed by atoms with Crippen molar-refractivity contribution in [2.45, 2.75) is 64.7 Å². The van der Waals surface area contributed by atoms with Gasteiger partial charge in [0.1, 0.15) is 0 Å². The van der Waals surface area contributed by atoms with Gasteiger partial charge in [-0.2, -0.15) is 0 Å². The van der Waals surface area contributed by atoms with Crippen molar-refractivity contribution < 1.29 is 4.74 Å². The molecule has 3 atom stereocenters. The Hall–Kier alpha value is -0.380. The van der Waals surface area contributed by atoms with Crippen molar-refractivity contribution in [3.8, 4) is 0 Å². The van der Waals surface area contributed by atoms with E-state index in [-0.39, 0.29) is 6.10 Å². The second-order valence-electron chi connectivity index (χ2n) is 6.54. The first-order valence-corrected chi connectivity index (χ1v) is 9.00. The smallest absolute Gasteiger partial charge is 0.0953 e. The molecule has 21 heavy (non-hydrogen) atoms. The standard InChI is InChI=1S/C18H28BrNO/c1-13(2)20-12-18(15-8-6-9-16(19)11-15)21-17-10-5-4-7-14(17)3/h6,8-9,11,13-14,17-18,20H,4-5,7,10,12H2,1-3H3. The van der Waals surface area contributed by atoms with Crippen LogP contribution in [0.25, 0.3) is 0 Å². The van der Waals surface area contributed by atoms with Gasteiger partial charge in [0.15, 0.2) is 0 Å². The second-order valence-corrected chi connectivity index (χ2v) is 7.46. The van der Waals surface area contributed by atoms with Gasteiger partial charge in [0, 0.05) is 17.1 Å². The third kappa shape index (κ3) is 5.39. The van der Waals surface area contributed by atoms with E-state index in [1.165, 1.54) is 31.2 Å². The van der Waals surface area contributed by atoms with Crippen LogP contribution in [-0.4, -0.2) is 18.7 Å². The van der Waals surface area contributed by atoms with E-state index >= 15 is 0 Å². The fourth-order valence-electron chi connectivity index (χ4n) is 2.99. The quantitative estimate of drug-likeness (QED) is 0.769. The van der Waals surface area contributed by atoms with E-state index in [1.54, 1.807) is 0 Å². The molecule has 0 aromatic heterocycles. The number of hydrogen-bond donors (Lipinski definition) is 1. The maximum atomic E-state index is 6.51. The van der Waals surface area contributed by atoms with Crippen molar-refractivity contribution >= 4 is 15.9 Å². The van der Waals surface area contributed by atoms with Crippen LogP contribution >= 0.6 is 15.9 Å². The van der Waals surface area contributed by atoms with Gasteiger partial charge >= 0.3 is 0 Å². The van der Waals surface area contributed by atoms with E-state index < -0.39 is 0 Å². The molecule has 0 amide bonds. The Bertz CT molecular complexity index is 435. The van der Waals surface area contributed by atoms with Crippen LogP contribution < -0.4 is 5.32 Å². The molecule has 2 nitrogen and oxygen atoms in total. The number of halogens is 1. The van der Waals surface area contributed by atoms with Gasteiger partial charge in [0.25, 0.3) is 0 Å². The van der Waals surface area contributed by atoms with Gasteiger partial charge in [0.05, 0.1) is 12.2 Å². The summed E-state index contributed by atoms with van der Waals surface area (Å²) >= 11 is 3.57. The van der Waals surface area contributed by atoms with Crippen LogP contribution in [0.5, 0.6) is 0 Å². The van der Waals surface area contributed by atoms with Crippen molar-refractivity contribution in [2.75, 3.05) is 6.54 Å². The number of hydrogen-bond acceptors (Lipinski definition) is 2. The number of benzene rings is 1. The molecular weight excluding hydrogens is 326 g/mol. The summed E-state index contributed by atoms with van der Waals surface area (Å²) in [6, 6.07) is 8.99. The van der Waals surface area contributed by atoms with E-state index in [2.05, 4.69) is 66.3 Å². The minimum absolute atomic E-state index is 0.135. The summed E-state index contributed by atoms with van der Waals surface area (Å²) in [5, 5.41) is 3.53. The average molecular weight is 354 g/mol. The SMILES string of the molecule is CC(C)NCC(OC1CCCCC1C)c1cccc(Br)c1. The normalized spacial score (nSPS) is 24.2. The third-order valence-electron chi connectivity index (χ3n) is 4.30. The fourth-order valence-corrected chi connectivity index (χ4v) is 3.41. The van der Waals surface area contributed by atoms with E-state index in [4.69, 9.17) is 4.74 Å². The lowest BCUT2D eigenvalue weighted by molar-refractivity contribution is -0.0569. The minimum atomic E-state index is 0.135. The molecule has 0 aliphatic heterocycles. The molecule has 1 aromatic carbocycles. The summed E-state index contributed by atoms with van der Waals surface area (Å²) < 4.78 is 7.63. The molecule has 1 aromatic rings.